The minimum atomic E-state index is 0. The minimum absolute atomic E-state index is 0. The first-order valence-corrected chi connectivity index (χ1v) is 6.18. The van der Waals surface area contributed by atoms with Crippen molar-refractivity contribution in [1.82, 2.24) is 5.32 Å². The number of rotatable bonds is 2. The van der Waals surface area contributed by atoms with Crippen molar-refractivity contribution in [2.45, 2.75) is 18.9 Å². The normalized spacial score (nSPS) is 17.3. The van der Waals surface area contributed by atoms with Crippen LogP contribution >= 0.6 is 24.8 Å². The summed E-state index contributed by atoms with van der Waals surface area (Å²) < 4.78 is 10.7. The molecule has 1 saturated heterocycles. The van der Waals surface area contributed by atoms with E-state index in [1.165, 1.54) is 18.5 Å². The van der Waals surface area contributed by atoms with Gasteiger partial charge in [-0.2, -0.15) is 0 Å². The molecule has 0 bridgehead atoms. The average molecular weight is 307 g/mol. The summed E-state index contributed by atoms with van der Waals surface area (Å²) in [7, 11) is 2.16. The van der Waals surface area contributed by atoms with E-state index >= 15 is 0 Å². The summed E-state index contributed by atoms with van der Waals surface area (Å²) in [4.78, 5) is 2.35. The Bertz CT molecular complexity index is 412. The van der Waals surface area contributed by atoms with Gasteiger partial charge in [-0.15, -0.1) is 24.8 Å². The number of anilines is 1. The number of benzene rings is 1. The minimum Gasteiger partial charge on any atom is -0.454 e. The molecule has 3 rings (SSSR count). The van der Waals surface area contributed by atoms with Crippen LogP contribution in [-0.2, 0) is 0 Å². The van der Waals surface area contributed by atoms with Crippen LogP contribution in [0.4, 0.5) is 5.69 Å². The average Bonchev–Trinajstić information content (AvgIpc) is 2.86. The summed E-state index contributed by atoms with van der Waals surface area (Å²) in [5.74, 6) is 1.72. The molecule has 1 fully saturated rings. The lowest BCUT2D eigenvalue weighted by atomic mass is 10.0. The van der Waals surface area contributed by atoms with Crippen molar-refractivity contribution >= 4 is 30.5 Å². The number of fused-ring (bicyclic) bond motifs is 1. The molecule has 1 N–H and O–H groups in total. The van der Waals surface area contributed by atoms with Crippen molar-refractivity contribution in [2.75, 3.05) is 31.8 Å². The van der Waals surface area contributed by atoms with E-state index in [1.807, 2.05) is 6.07 Å². The molecule has 0 radical (unpaired) electrons. The first-order valence-electron chi connectivity index (χ1n) is 6.18. The Balaban J connectivity index is 0.000000902. The van der Waals surface area contributed by atoms with E-state index in [1.54, 1.807) is 0 Å². The van der Waals surface area contributed by atoms with Crippen LogP contribution < -0.4 is 19.7 Å². The van der Waals surface area contributed by atoms with Gasteiger partial charge in [0, 0.05) is 24.8 Å². The van der Waals surface area contributed by atoms with Gasteiger partial charge in [-0.25, -0.2) is 0 Å². The van der Waals surface area contributed by atoms with Crippen LogP contribution in [0.1, 0.15) is 12.8 Å². The van der Waals surface area contributed by atoms with Gasteiger partial charge in [0.05, 0.1) is 0 Å². The van der Waals surface area contributed by atoms with Crippen molar-refractivity contribution in [3.8, 4) is 11.5 Å². The van der Waals surface area contributed by atoms with Crippen molar-refractivity contribution in [2.24, 2.45) is 0 Å². The first kappa shape index (κ1) is 16.2. The molecule has 4 nitrogen and oxygen atoms in total. The Kier molecular flexibility index (Phi) is 6.04. The second-order valence-corrected chi connectivity index (χ2v) is 4.63. The van der Waals surface area contributed by atoms with Crippen LogP contribution in [0.2, 0.25) is 0 Å². The molecule has 1 aromatic rings. The molecular formula is C13H20Cl2N2O2. The van der Waals surface area contributed by atoms with Crippen LogP contribution in [0.3, 0.4) is 0 Å². The summed E-state index contributed by atoms with van der Waals surface area (Å²) in [6.07, 6.45) is 2.40. The van der Waals surface area contributed by atoms with Gasteiger partial charge >= 0.3 is 0 Å². The number of nitrogens with zero attached hydrogens (tertiary/aromatic N) is 1. The van der Waals surface area contributed by atoms with Gasteiger partial charge in [0.2, 0.25) is 6.79 Å². The van der Waals surface area contributed by atoms with E-state index in [4.69, 9.17) is 9.47 Å². The van der Waals surface area contributed by atoms with Crippen LogP contribution in [0, 0.1) is 0 Å². The summed E-state index contributed by atoms with van der Waals surface area (Å²) >= 11 is 0. The molecule has 1 aromatic carbocycles. The van der Waals surface area contributed by atoms with E-state index in [2.05, 4.69) is 29.4 Å². The zero-order valence-corrected chi connectivity index (χ0v) is 12.6. The fourth-order valence-electron chi connectivity index (χ4n) is 2.51. The highest BCUT2D eigenvalue weighted by atomic mass is 35.5. The van der Waals surface area contributed by atoms with Crippen LogP contribution in [0.5, 0.6) is 11.5 Å². The molecule has 0 spiro atoms. The van der Waals surface area contributed by atoms with Gasteiger partial charge in [-0.3, -0.25) is 0 Å². The molecule has 19 heavy (non-hydrogen) atoms. The maximum absolute atomic E-state index is 5.42. The smallest absolute Gasteiger partial charge is 0.231 e. The van der Waals surface area contributed by atoms with E-state index in [0.717, 1.165) is 24.6 Å². The van der Waals surface area contributed by atoms with Gasteiger partial charge in [0.1, 0.15) is 0 Å². The standard InChI is InChI=1S/C13H18N2O2.2ClH/c1-15(10-4-6-14-7-5-10)11-2-3-12-13(8-11)17-9-16-12;;/h2-3,8,10,14H,4-7,9H2,1H3;2*1H. The summed E-state index contributed by atoms with van der Waals surface area (Å²) in [5.41, 5.74) is 1.21. The molecular weight excluding hydrogens is 287 g/mol. The Morgan fingerprint density at radius 3 is 2.53 bits per heavy atom. The van der Waals surface area contributed by atoms with Gasteiger partial charge in [-0.1, -0.05) is 0 Å². The topological polar surface area (TPSA) is 33.7 Å². The van der Waals surface area contributed by atoms with Gasteiger partial charge in [0.25, 0.3) is 0 Å². The fraction of sp³-hybridized carbons (Fsp3) is 0.538. The summed E-state index contributed by atoms with van der Waals surface area (Å²) in [6.45, 7) is 2.56. The molecule has 2 aliphatic rings. The van der Waals surface area contributed by atoms with Crippen molar-refractivity contribution in [3.63, 3.8) is 0 Å². The van der Waals surface area contributed by atoms with Gasteiger partial charge in [-0.05, 0) is 38.1 Å². The Labute approximate surface area is 126 Å². The molecule has 108 valence electrons. The lowest BCUT2D eigenvalue weighted by Gasteiger charge is -2.33. The van der Waals surface area contributed by atoms with E-state index in [-0.39, 0.29) is 24.8 Å². The molecule has 0 amide bonds. The predicted octanol–water partition coefficient (Wildman–Crippen LogP) is 2.45. The number of nitrogens with one attached hydrogen (secondary N) is 1. The number of halogens is 2. The lowest BCUT2D eigenvalue weighted by molar-refractivity contribution is 0.174. The zero-order chi connectivity index (χ0) is 11.7. The number of piperidine rings is 1. The summed E-state index contributed by atoms with van der Waals surface area (Å²) in [6, 6.07) is 6.80. The van der Waals surface area contributed by atoms with Gasteiger partial charge in [0.15, 0.2) is 11.5 Å². The number of hydrogen-bond donors (Lipinski definition) is 1. The second-order valence-electron chi connectivity index (χ2n) is 4.63. The third-order valence-electron chi connectivity index (χ3n) is 3.62. The number of ether oxygens (including phenoxy) is 2. The Morgan fingerprint density at radius 1 is 1.11 bits per heavy atom. The van der Waals surface area contributed by atoms with Crippen molar-refractivity contribution < 1.29 is 9.47 Å². The molecule has 0 atom stereocenters. The molecule has 0 aliphatic carbocycles. The SMILES string of the molecule is CN(c1ccc2c(c1)OCO2)C1CCNCC1.Cl.Cl. The third-order valence-corrected chi connectivity index (χ3v) is 3.62. The zero-order valence-electron chi connectivity index (χ0n) is 10.9. The van der Waals surface area contributed by atoms with Crippen LogP contribution in [-0.4, -0.2) is 33.0 Å². The Hall–Kier alpha value is -0.840. The van der Waals surface area contributed by atoms with E-state index in [0.29, 0.717) is 12.8 Å². The second kappa shape index (κ2) is 7.08. The Morgan fingerprint density at radius 2 is 1.79 bits per heavy atom. The monoisotopic (exact) mass is 306 g/mol. The lowest BCUT2D eigenvalue weighted by Crippen LogP contribution is -2.41. The highest BCUT2D eigenvalue weighted by Gasteiger charge is 2.20. The predicted molar refractivity (Wildman–Crippen MR) is 81.4 cm³/mol. The highest BCUT2D eigenvalue weighted by Crippen LogP contribution is 2.36. The molecule has 0 saturated carbocycles. The quantitative estimate of drug-likeness (QED) is 0.910. The molecule has 0 aromatic heterocycles. The van der Waals surface area contributed by atoms with E-state index < -0.39 is 0 Å². The largest absolute Gasteiger partial charge is 0.454 e. The first-order chi connectivity index (χ1) is 8.34. The van der Waals surface area contributed by atoms with Crippen LogP contribution in [0.25, 0.3) is 0 Å². The maximum Gasteiger partial charge on any atom is 0.231 e. The van der Waals surface area contributed by atoms with Crippen molar-refractivity contribution in [1.29, 1.82) is 0 Å². The highest BCUT2D eigenvalue weighted by molar-refractivity contribution is 5.85. The molecule has 2 heterocycles. The molecule has 6 heteroatoms. The molecule has 0 unspecified atom stereocenters. The summed E-state index contributed by atoms with van der Waals surface area (Å²) in [5, 5.41) is 3.39. The van der Waals surface area contributed by atoms with Gasteiger partial charge < -0.3 is 19.7 Å². The maximum atomic E-state index is 5.42. The van der Waals surface area contributed by atoms with Crippen molar-refractivity contribution in [3.05, 3.63) is 18.2 Å². The number of hydrogen-bond acceptors (Lipinski definition) is 4. The third kappa shape index (κ3) is 3.38. The molecule has 2 aliphatic heterocycles. The van der Waals surface area contributed by atoms with E-state index in [9.17, 15) is 0 Å². The fourth-order valence-corrected chi connectivity index (χ4v) is 2.51. The van der Waals surface area contributed by atoms with Crippen LogP contribution in [0.15, 0.2) is 18.2 Å².